The molecule has 1 amide bonds. The molecule has 1 aromatic carbocycles. The zero-order chi connectivity index (χ0) is 14.0. The van der Waals surface area contributed by atoms with E-state index in [0.717, 1.165) is 12.8 Å². The Balaban J connectivity index is 2.09. The fourth-order valence-electron chi connectivity index (χ4n) is 2.04. The number of hydrogen-bond donors (Lipinski definition) is 1. The summed E-state index contributed by atoms with van der Waals surface area (Å²) < 4.78 is 5.17. The van der Waals surface area contributed by atoms with Gasteiger partial charge < -0.3 is 14.7 Å². The maximum atomic E-state index is 12.3. The van der Waals surface area contributed by atoms with Crippen molar-refractivity contribution in [3.05, 3.63) is 28.8 Å². The Morgan fingerprint density at radius 1 is 1.58 bits per heavy atom. The van der Waals surface area contributed by atoms with Crippen molar-refractivity contribution in [1.82, 2.24) is 4.90 Å². The summed E-state index contributed by atoms with van der Waals surface area (Å²) in [5.41, 5.74) is 0.456. The summed E-state index contributed by atoms with van der Waals surface area (Å²) >= 11 is 5.87. The van der Waals surface area contributed by atoms with E-state index in [1.807, 2.05) is 0 Å². The Morgan fingerprint density at radius 3 is 2.84 bits per heavy atom. The maximum Gasteiger partial charge on any atom is 0.257 e. The van der Waals surface area contributed by atoms with Gasteiger partial charge in [0.05, 0.1) is 18.8 Å². The van der Waals surface area contributed by atoms with E-state index < -0.39 is 6.10 Å². The number of aliphatic hydroxyl groups is 1. The second-order valence-corrected chi connectivity index (χ2v) is 5.37. The number of halogens is 1. The summed E-state index contributed by atoms with van der Waals surface area (Å²) in [5.74, 6) is 0.626. The van der Waals surface area contributed by atoms with E-state index in [4.69, 9.17) is 16.3 Å². The zero-order valence-corrected chi connectivity index (χ0v) is 11.9. The number of carbonyl (C=O) groups is 1. The summed E-state index contributed by atoms with van der Waals surface area (Å²) in [6.07, 6.45) is 1.66. The standard InChI is InChI=1S/C14H18ClNO3/c1-16(8-12(17)9-3-4-9)14(18)11-6-5-10(15)7-13(11)19-2/h5-7,9,12,17H,3-4,8H2,1-2H3. The smallest absolute Gasteiger partial charge is 0.257 e. The molecule has 0 bridgehead atoms. The third-order valence-corrected chi connectivity index (χ3v) is 3.60. The summed E-state index contributed by atoms with van der Waals surface area (Å²) in [6.45, 7) is 0.343. The van der Waals surface area contributed by atoms with Crippen molar-refractivity contribution in [3.63, 3.8) is 0 Å². The van der Waals surface area contributed by atoms with Crippen LogP contribution in [-0.4, -0.2) is 42.7 Å². The minimum atomic E-state index is -0.438. The van der Waals surface area contributed by atoms with Gasteiger partial charge in [0.1, 0.15) is 5.75 Å². The van der Waals surface area contributed by atoms with E-state index in [1.165, 1.54) is 12.0 Å². The molecule has 1 aliphatic carbocycles. The molecule has 0 aliphatic heterocycles. The van der Waals surface area contributed by atoms with Crippen LogP contribution in [0.25, 0.3) is 0 Å². The van der Waals surface area contributed by atoms with Crippen LogP contribution in [0.4, 0.5) is 0 Å². The zero-order valence-electron chi connectivity index (χ0n) is 11.1. The second kappa shape index (κ2) is 5.80. The number of rotatable bonds is 5. The Hall–Kier alpha value is -1.26. The van der Waals surface area contributed by atoms with Crippen molar-refractivity contribution >= 4 is 17.5 Å². The minimum absolute atomic E-state index is 0.173. The van der Waals surface area contributed by atoms with Crippen molar-refractivity contribution in [2.24, 2.45) is 5.92 Å². The van der Waals surface area contributed by atoms with E-state index in [-0.39, 0.29) is 5.91 Å². The van der Waals surface area contributed by atoms with Crippen LogP contribution in [-0.2, 0) is 0 Å². The monoisotopic (exact) mass is 283 g/mol. The lowest BCUT2D eigenvalue weighted by molar-refractivity contribution is 0.0642. The van der Waals surface area contributed by atoms with Crippen LogP contribution in [0.15, 0.2) is 18.2 Å². The summed E-state index contributed by atoms with van der Waals surface area (Å²) in [4.78, 5) is 13.8. The predicted molar refractivity (Wildman–Crippen MR) is 73.7 cm³/mol. The largest absolute Gasteiger partial charge is 0.496 e. The number of methoxy groups -OCH3 is 1. The highest BCUT2D eigenvalue weighted by Gasteiger charge is 2.31. The minimum Gasteiger partial charge on any atom is -0.496 e. The molecule has 1 fully saturated rings. The van der Waals surface area contributed by atoms with Crippen LogP contribution >= 0.6 is 11.6 Å². The molecule has 1 saturated carbocycles. The lowest BCUT2D eigenvalue weighted by Gasteiger charge is -2.21. The average molecular weight is 284 g/mol. The first-order chi connectivity index (χ1) is 9.02. The number of ether oxygens (including phenoxy) is 1. The molecule has 0 aromatic heterocycles. The summed E-state index contributed by atoms with van der Waals surface area (Å²) in [6, 6.07) is 4.91. The maximum absolute atomic E-state index is 12.3. The van der Waals surface area contributed by atoms with Gasteiger partial charge in [-0.3, -0.25) is 4.79 Å². The first-order valence-corrected chi connectivity index (χ1v) is 6.67. The van der Waals surface area contributed by atoms with Crippen LogP contribution in [0.5, 0.6) is 5.75 Å². The third kappa shape index (κ3) is 3.39. The van der Waals surface area contributed by atoms with Gasteiger partial charge in [0.2, 0.25) is 0 Å². The first kappa shape index (κ1) is 14.2. The van der Waals surface area contributed by atoms with E-state index in [1.54, 1.807) is 25.2 Å². The Bertz CT molecular complexity index is 474. The molecule has 1 N–H and O–H groups in total. The normalized spacial score (nSPS) is 16.0. The number of carbonyl (C=O) groups excluding carboxylic acids is 1. The van der Waals surface area contributed by atoms with Crippen molar-refractivity contribution in [1.29, 1.82) is 0 Å². The van der Waals surface area contributed by atoms with Gasteiger partial charge in [-0.2, -0.15) is 0 Å². The molecule has 5 heteroatoms. The molecule has 1 atom stereocenters. The Kier molecular flexibility index (Phi) is 4.32. The molecule has 1 unspecified atom stereocenters. The highest BCUT2D eigenvalue weighted by atomic mass is 35.5. The summed E-state index contributed by atoms with van der Waals surface area (Å²) in [7, 11) is 3.18. The highest BCUT2D eigenvalue weighted by molar-refractivity contribution is 6.30. The van der Waals surface area contributed by atoms with Gasteiger partial charge in [0.25, 0.3) is 5.91 Å². The number of benzene rings is 1. The molecule has 19 heavy (non-hydrogen) atoms. The van der Waals surface area contributed by atoms with E-state index in [0.29, 0.717) is 28.8 Å². The van der Waals surface area contributed by atoms with Crippen LogP contribution in [0.2, 0.25) is 5.02 Å². The number of aliphatic hydroxyl groups excluding tert-OH is 1. The molecule has 0 radical (unpaired) electrons. The molecule has 4 nitrogen and oxygen atoms in total. The van der Waals surface area contributed by atoms with Gasteiger partial charge in [0.15, 0.2) is 0 Å². The molecule has 0 spiro atoms. The van der Waals surface area contributed by atoms with Gasteiger partial charge in [-0.1, -0.05) is 11.6 Å². The quantitative estimate of drug-likeness (QED) is 0.901. The molecular formula is C14H18ClNO3. The van der Waals surface area contributed by atoms with E-state index in [2.05, 4.69) is 0 Å². The summed E-state index contributed by atoms with van der Waals surface area (Å²) in [5, 5.41) is 10.4. The van der Waals surface area contributed by atoms with Crippen LogP contribution in [0.3, 0.4) is 0 Å². The predicted octanol–water partition coefficient (Wildman–Crippen LogP) is 2.19. The molecular weight excluding hydrogens is 266 g/mol. The van der Waals surface area contributed by atoms with Crippen molar-refractivity contribution in [3.8, 4) is 5.75 Å². The molecule has 0 saturated heterocycles. The first-order valence-electron chi connectivity index (χ1n) is 6.30. The fourth-order valence-corrected chi connectivity index (χ4v) is 2.20. The Labute approximate surface area is 117 Å². The van der Waals surface area contributed by atoms with Crippen molar-refractivity contribution in [2.45, 2.75) is 18.9 Å². The SMILES string of the molecule is COc1cc(Cl)ccc1C(=O)N(C)CC(O)C1CC1. The topological polar surface area (TPSA) is 49.8 Å². The van der Waals surface area contributed by atoms with Gasteiger partial charge in [-0.05, 0) is 37.0 Å². The number of hydrogen-bond acceptors (Lipinski definition) is 3. The van der Waals surface area contributed by atoms with Crippen LogP contribution in [0.1, 0.15) is 23.2 Å². The third-order valence-electron chi connectivity index (χ3n) is 3.37. The van der Waals surface area contributed by atoms with Crippen LogP contribution < -0.4 is 4.74 Å². The second-order valence-electron chi connectivity index (χ2n) is 4.94. The molecule has 0 heterocycles. The van der Waals surface area contributed by atoms with Gasteiger partial charge in [-0.15, -0.1) is 0 Å². The van der Waals surface area contributed by atoms with E-state index in [9.17, 15) is 9.90 Å². The van der Waals surface area contributed by atoms with Crippen LogP contribution in [0, 0.1) is 5.92 Å². The molecule has 1 aromatic rings. The number of amides is 1. The number of likely N-dealkylation sites (N-methyl/N-ethyl adjacent to an activating group) is 1. The highest BCUT2D eigenvalue weighted by Crippen LogP contribution is 2.33. The molecule has 2 rings (SSSR count). The van der Waals surface area contributed by atoms with Gasteiger partial charge >= 0.3 is 0 Å². The molecule has 104 valence electrons. The lowest BCUT2D eigenvalue weighted by atomic mass is 10.1. The average Bonchev–Trinajstić information content (AvgIpc) is 3.21. The fraction of sp³-hybridized carbons (Fsp3) is 0.500. The van der Waals surface area contributed by atoms with Gasteiger partial charge in [0, 0.05) is 18.6 Å². The lowest BCUT2D eigenvalue weighted by Crippen LogP contribution is -2.35. The van der Waals surface area contributed by atoms with Gasteiger partial charge in [-0.25, -0.2) is 0 Å². The van der Waals surface area contributed by atoms with Crippen molar-refractivity contribution in [2.75, 3.05) is 20.7 Å². The molecule has 1 aliphatic rings. The Morgan fingerprint density at radius 2 is 2.26 bits per heavy atom. The van der Waals surface area contributed by atoms with E-state index >= 15 is 0 Å². The number of nitrogens with zero attached hydrogens (tertiary/aromatic N) is 1. The van der Waals surface area contributed by atoms with Crippen molar-refractivity contribution < 1.29 is 14.6 Å².